The summed E-state index contributed by atoms with van der Waals surface area (Å²) in [5.41, 5.74) is 6.64. The van der Waals surface area contributed by atoms with Gasteiger partial charge in [0.05, 0.1) is 25.0 Å². The molecule has 0 unspecified atom stereocenters. The topological polar surface area (TPSA) is 52.8 Å². The van der Waals surface area contributed by atoms with Crippen molar-refractivity contribution in [2.45, 2.75) is 27.7 Å². The third-order valence-electron chi connectivity index (χ3n) is 4.84. The molecule has 1 heterocycles. The molecule has 0 atom stereocenters. The molecule has 3 rings (SSSR count). The quantitative estimate of drug-likeness (QED) is 0.422. The summed E-state index contributed by atoms with van der Waals surface area (Å²) in [4.78, 5) is 16.3. The lowest BCUT2D eigenvalue weighted by Gasteiger charge is -2.11. The summed E-state index contributed by atoms with van der Waals surface area (Å²) < 4.78 is 12.5. The number of aryl methyl sites for hydroxylation is 2. The van der Waals surface area contributed by atoms with Crippen LogP contribution in [-0.2, 0) is 4.74 Å². The summed E-state index contributed by atoms with van der Waals surface area (Å²) in [6, 6.07) is 15.6. The van der Waals surface area contributed by atoms with Gasteiger partial charge in [0, 0.05) is 28.9 Å². The molecule has 5 heteroatoms. The number of ether oxygens (including phenoxy) is 2. The molecule has 0 aliphatic rings. The monoisotopic (exact) mass is 390 g/mol. The molecule has 5 nitrogen and oxygen atoms in total. The van der Waals surface area contributed by atoms with Gasteiger partial charge in [-0.1, -0.05) is 0 Å². The van der Waals surface area contributed by atoms with Gasteiger partial charge in [-0.2, -0.15) is 0 Å². The Morgan fingerprint density at radius 3 is 2.41 bits per heavy atom. The normalized spacial score (nSPS) is 11.1. The van der Waals surface area contributed by atoms with Gasteiger partial charge in [-0.25, -0.2) is 4.79 Å². The highest BCUT2D eigenvalue weighted by Gasteiger charge is 2.10. The number of hydrogen-bond acceptors (Lipinski definition) is 4. The zero-order chi connectivity index (χ0) is 21.0. The molecule has 0 radical (unpaired) electrons. The summed E-state index contributed by atoms with van der Waals surface area (Å²) in [7, 11) is 1.38. The van der Waals surface area contributed by atoms with E-state index in [0.717, 1.165) is 39.6 Å². The Balaban J connectivity index is 1.87. The number of aromatic nitrogens is 1. The SMILES string of the molecule is CCOc1ccc(-n2c(C)cc(C=Nc3ccc(C(=O)OC)cc3C)c2C)cc1. The average molecular weight is 390 g/mol. The van der Waals surface area contributed by atoms with E-state index in [4.69, 9.17) is 9.47 Å². The van der Waals surface area contributed by atoms with Crippen LogP contribution < -0.4 is 4.74 Å². The maximum absolute atomic E-state index is 11.7. The first-order chi connectivity index (χ1) is 13.9. The molecule has 0 saturated heterocycles. The number of carbonyl (C=O) groups is 1. The molecular formula is C24H26N2O3. The second-order valence-electron chi connectivity index (χ2n) is 6.84. The maximum Gasteiger partial charge on any atom is 0.337 e. The Hall–Kier alpha value is -3.34. The molecule has 1 aromatic heterocycles. The fourth-order valence-corrected chi connectivity index (χ4v) is 3.36. The molecule has 0 amide bonds. The Labute approximate surface area is 171 Å². The summed E-state index contributed by atoms with van der Waals surface area (Å²) in [6.07, 6.45) is 1.87. The first-order valence-corrected chi connectivity index (χ1v) is 9.59. The molecule has 0 aliphatic heterocycles. The lowest BCUT2D eigenvalue weighted by atomic mass is 10.1. The van der Waals surface area contributed by atoms with Gasteiger partial charge in [0.15, 0.2) is 0 Å². The van der Waals surface area contributed by atoms with Gasteiger partial charge in [0.1, 0.15) is 5.75 Å². The first kappa shape index (κ1) is 20.4. The van der Waals surface area contributed by atoms with Crippen LogP contribution in [0.3, 0.4) is 0 Å². The van der Waals surface area contributed by atoms with E-state index in [2.05, 4.69) is 41.6 Å². The Morgan fingerprint density at radius 1 is 1.07 bits per heavy atom. The van der Waals surface area contributed by atoms with Crippen LogP contribution in [0.5, 0.6) is 5.75 Å². The number of nitrogens with zero attached hydrogens (tertiary/aromatic N) is 2. The van der Waals surface area contributed by atoms with E-state index in [-0.39, 0.29) is 5.97 Å². The highest BCUT2D eigenvalue weighted by molar-refractivity contribution is 5.90. The lowest BCUT2D eigenvalue weighted by Crippen LogP contribution is -2.01. The van der Waals surface area contributed by atoms with Gasteiger partial charge in [0.2, 0.25) is 0 Å². The third-order valence-corrected chi connectivity index (χ3v) is 4.84. The van der Waals surface area contributed by atoms with Gasteiger partial charge in [0.25, 0.3) is 0 Å². The van der Waals surface area contributed by atoms with Crippen molar-refractivity contribution in [2.75, 3.05) is 13.7 Å². The van der Waals surface area contributed by atoms with Crippen LogP contribution in [0.4, 0.5) is 5.69 Å². The largest absolute Gasteiger partial charge is 0.494 e. The van der Waals surface area contributed by atoms with E-state index in [1.165, 1.54) is 7.11 Å². The van der Waals surface area contributed by atoms with E-state index < -0.39 is 0 Å². The van der Waals surface area contributed by atoms with E-state index in [0.29, 0.717) is 12.2 Å². The molecule has 0 N–H and O–H groups in total. The summed E-state index contributed by atoms with van der Waals surface area (Å²) in [6.45, 7) is 8.73. The minimum atomic E-state index is -0.345. The number of methoxy groups -OCH3 is 1. The lowest BCUT2D eigenvalue weighted by molar-refractivity contribution is 0.0600. The molecular weight excluding hydrogens is 364 g/mol. The molecule has 0 spiro atoms. The van der Waals surface area contributed by atoms with Crippen LogP contribution >= 0.6 is 0 Å². The number of benzene rings is 2. The van der Waals surface area contributed by atoms with Gasteiger partial charge >= 0.3 is 5.97 Å². The summed E-state index contributed by atoms with van der Waals surface area (Å²) >= 11 is 0. The first-order valence-electron chi connectivity index (χ1n) is 9.59. The average Bonchev–Trinajstić information content (AvgIpc) is 3.00. The predicted molar refractivity (Wildman–Crippen MR) is 116 cm³/mol. The van der Waals surface area contributed by atoms with Crippen LogP contribution in [0.2, 0.25) is 0 Å². The van der Waals surface area contributed by atoms with Crippen molar-refractivity contribution in [1.82, 2.24) is 4.57 Å². The fourth-order valence-electron chi connectivity index (χ4n) is 3.36. The number of rotatable bonds is 6. The molecule has 3 aromatic rings. The summed E-state index contributed by atoms with van der Waals surface area (Å²) in [5.74, 6) is 0.522. The van der Waals surface area contributed by atoms with Crippen LogP contribution in [0.1, 0.15) is 39.8 Å². The molecule has 150 valence electrons. The van der Waals surface area contributed by atoms with Gasteiger partial charge in [-0.15, -0.1) is 0 Å². The zero-order valence-electron chi connectivity index (χ0n) is 17.5. The number of carbonyl (C=O) groups excluding carboxylic acids is 1. The number of esters is 1. The second-order valence-corrected chi connectivity index (χ2v) is 6.84. The van der Waals surface area contributed by atoms with Crippen LogP contribution in [0.25, 0.3) is 5.69 Å². The van der Waals surface area contributed by atoms with Crippen LogP contribution in [0, 0.1) is 20.8 Å². The highest BCUT2D eigenvalue weighted by Crippen LogP contribution is 2.24. The van der Waals surface area contributed by atoms with Gasteiger partial charge in [-0.05, 0) is 81.8 Å². The van der Waals surface area contributed by atoms with E-state index in [9.17, 15) is 4.79 Å². The molecule has 0 bridgehead atoms. The number of aliphatic imine (C=N–C) groups is 1. The third kappa shape index (κ3) is 4.40. The molecule has 0 aliphatic carbocycles. The van der Waals surface area contributed by atoms with Gasteiger partial charge < -0.3 is 14.0 Å². The minimum Gasteiger partial charge on any atom is -0.494 e. The summed E-state index contributed by atoms with van der Waals surface area (Å²) in [5, 5.41) is 0. The fraction of sp³-hybridized carbons (Fsp3) is 0.250. The van der Waals surface area contributed by atoms with E-state index in [1.54, 1.807) is 12.1 Å². The van der Waals surface area contributed by atoms with Crippen molar-refractivity contribution in [2.24, 2.45) is 4.99 Å². The van der Waals surface area contributed by atoms with Crippen molar-refractivity contribution in [1.29, 1.82) is 0 Å². The molecule has 29 heavy (non-hydrogen) atoms. The standard InChI is InChI=1S/C24H26N2O3/c1-6-29-22-10-8-21(9-11-22)26-17(3)14-20(18(26)4)15-25-23-12-7-19(13-16(23)2)24(27)28-5/h7-15H,6H2,1-5H3. The van der Waals surface area contributed by atoms with E-state index in [1.807, 2.05) is 38.3 Å². The van der Waals surface area contributed by atoms with Crippen LogP contribution in [0.15, 0.2) is 53.5 Å². The Kier molecular flexibility index (Phi) is 6.17. The molecule has 0 fully saturated rings. The Morgan fingerprint density at radius 2 is 1.79 bits per heavy atom. The maximum atomic E-state index is 11.7. The van der Waals surface area contributed by atoms with Gasteiger partial charge in [-0.3, -0.25) is 4.99 Å². The molecule has 0 saturated carbocycles. The smallest absolute Gasteiger partial charge is 0.337 e. The number of hydrogen-bond donors (Lipinski definition) is 0. The highest BCUT2D eigenvalue weighted by atomic mass is 16.5. The minimum absolute atomic E-state index is 0.345. The van der Waals surface area contributed by atoms with Crippen molar-refractivity contribution in [3.05, 3.63) is 76.6 Å². The van der Waals surface area contributed by atoms with Crippen molar-refractivity contribution < 1.29 is 14.3 Å². The zero-order valence-corrected chi connectivity index (χ0v) is 17.5. The van der Waals surface area contributed by atoms with Crippen molar-refractivity contribution in [3.8, 4) is 11.4 Å². The second kappa shape index (κ2) is 8.78. The Bertz CT molecular complexity index is 1050. The molecule has 2 aromatic carbocycles. The van der Waals surface area contributed by atoms with Crippen molar-refractivity contribution in [3.63, 3.8) is 0 Å². The van der Waals surface area contributed by atoms with Crippen LogP contribution in [-0.4, -0.2) is 30.5 Å². The predicted octanol–water partition coefficient (Wildman–Crippen LogP) is 5.34. The van der Waals surface area contributed by atoms with Crippen molar-refractivity contribution >= 4 is 17.9 Å². The van der Waals surface area contributed by atoms with E-state index >= 15 is 0 Å².